The van der Waals surface area contributed by atoms with E-state index in [0.29, 0.717) is 19.6 Å². The molecule has 19 heavy (non-hydrogen) atoms. The van der Waals surface area contributed by atoms with Gasteiger partial charge >= 0.3 is 0 Å². The first-order valence-corrected chi connectivity index (χ1v) is 6.51. The van der Waals surface area contributed by atoms with E-state index in [1.165, 1.54) is 0 Å². The third-order valence-electron chi connectivity index (χ3n) is 3.46. The van der Waals surface area contributed by atoms with Crippen LogP contribution in [0.25, 0.3) is 0 Å². The van der Waals surface area contributed by atoms with E-state index in [9.17, 15) is 4.79 Å². The molecule has 1 aromatic rings. The molecule has 0 fully saturated rings. The van der Waals surface area contributed by atoms with Gasteiger partial charge in [0, 0.05) is 33.9 Å². The molecule has 0 aromatic heterocycles. The van der Waals surface area contributed by atoms with Crippen molar-refractivity contribution >= 4 is 17.3 Å². The smallest absolute Gasteiger partial charge is 0.244 e. The summed E-state index contributed by atoms with van der Waals surface area (Å²) in [6, 6.07) is 7.41. The van der Waals surface area contributed by atoms with Gasteiger partial charge in [0.25, 0.3) is 0 Å². The minimum atomic E-state index is -0.503. The molecule has 104 valence electrons. The number of hydrogen-bond acceptors (Lipinski definition) is 4. The molecule has 0 spiro atoms. The first-order valence-electron chi connectivity index (χ1n) is 6.51. The van der Waals surface area contributed by atoms with E-state index >= 15 is 0 Å². The summed E-state index contributed by atoms with van der Waals surface area (Å²) in [4.78, 5) is 16.3. The fraction of sp³-hybridized carbons (Fsp3) is 0.500. The Hall–Kier alpha value is -1.59. The maximum Gasteiger partial charge on any atom is 0.244 e. The van der Waals surface area contributed by atoms with E-state index in [1.54, 1.807) is 12.0 Å². The second kappa shape index (κ2) is 6.04. The Kier molecular flexibility index (Phi) is 4.39. The Morgan fingerprint density at radius 2 is 2.05 bits per heavy atom. The Labute approximate surface area is 113 Å². The van der Waals surface area contributed by atoms with Crippen molar-refractivity contribution < 1.29 is 9.53 Å². The lowest BCUT2D eigenvalue weighted by Gasteiger charge is -2.36. The van der Waals surface area contributed by atoms with Gasteiger partial charge < -0.3 is 20.3 Å². The minimum Gasteiger partial charge on any atom is -0.385 e. The Balaban J connectivity index is 2.18. The van der Waals surface area contributed by atoms with Gasteiger partial charge in [-0.2, -0.15) is 0 Å². The molecular weight excluding hydrogens is 242 g/mol. The third-order valence-corrected chi connectivity index (χ3v) is 3.46. The second-order valence-electron chi connectivity index (χ2n) is 4.79. The summed E-state index contributed by atoms with van der Waals surface area (Å²) < 4.78 is 4.98. The number of carbonyl (C=O) groups excluding carboxylic acids is 1. The molecule has 1 aromatic carbocycles. The van der Waals surface area contributed by atoms with Crippen molar-refractivity contribution in [1.29, 1.82) is 0 Å². The van der Waals surface area contributed by atoms with Crippen molar-refractivity contribution in [3.05, 3.63) is 24.3 Å². The highest BCUT2D eigenvalue weighted by Crippen LogP contribution is 2.32. The topological polar surface area (TPSA) is 58.8 Å². The largest absolute Gasteiger partial charge is 0.385 e. The number of amides is 1. The van der Waals surface area contributed by atoms with Crippen LogP contribution in [0.3, 0.4) is 0 Å². The van der Waals surface area contributed by atoms with Gasteiger partial charge in [-0.1, -0.05) is 12.1 Å². The lowest BCUT2D eigenvalue weighted by Crippen LogP contribution is -2.49. The first kappa shape index (κ1) is 13.8. The number of benzene rings is 1. The van der Waals surface area contributed by atoms with Crippen LogP contribution in [0, 0.1) is 0 Å². The van der Waals surface area contributed by atoms with E-state index in [0.717, 1.165) is 17.9 Å². The van der Waals surface area contributed by atoms with Crippen molar-refractivity contribution in [1.82, 2.24) is 0 Å². The normalized spacial score (nSPS) is 16.2. The van der Waals surface area contributed by atoms with E-state index in [-0.39, 0.29) is 5.91 Å². The Bertz CT molecular complexity index is 450. The highest BCUT2D eigenvalue weighted by Gasteiger charge is 2.27. The number of carbonyl (C=O) groups is 1. The van der Waals surface area contributed by atoms with Gasteiger partial charge in [0.15, 0.2) is 0 Å². The monoisotopic (exact) mass is 263 g/mol. The van der Waals surface area contributed by atoms with Crippen LogP contribution >= 0.6 is 0 Å². The molecular formula is C14H21N3O2. The number of rotatable bonds is 4. The standard InChI is InChI=1S/C14H21N3O2/c1-16-8-9-17(13-6-4-3-5-12(13)16)14(18)11(15)7-10-19-2/h3-6,11H,7-10,15H2,1-2H3. The molecule has 1 aliphatic heterocycles. The fourth-order valence-corrected chi connectivity index (χ4v) is 2.30. The van der Waals surface area contributed by atoms with Crippen molar-refractivity contribution in [2.75, 3.05) is 43.7 Å². The van der Waals surface area contributed by atoms with Gasteiger partial charge in [0.05, 0.1) is 17.4 Å². The zero-order valence-corrected chi connectivity index (χ0v) is 11.5. The van der Waals surface area contributed by atoms with Crippen molar-refractivity contribution in [2.24, 2.45) is 5.73 Å². The zero-order chi connectivity index (χ0) is 13.8. The highest BCUT2D eigenvalue weighted by atomic mass is 16.5. The predicted octanol–water partition coefficient (Wildman–Crippen LogP) is 0.833. The minimum absolute atomic E-state index is 0.0300. The maximum absolute atomic E-state index is 12.4. The molecule has 1 amide bonds. The van der Waals surface area contributed by atoms with Crippen molar-refractivity contribution in [3.63, 3.8) is 0 Å². The van der Waals surface area contributed by atoms with Gasteiger partial charge in [-0.15, -0.1) is 0 Å². The lowest BCUT2D eigenvalue weighted by atomic mass is 10.1. The average molecular weight is 263 g/mol. The quantitative estimate of drug-likeness (QED) is 0.874. The number of likely N-dealkylation sites (N-methyl/N-ethyl adjacent to an activating group) is 1. The molecule has 1 aliphatic rings. The molecule has 2 N–H and O–H groups in total. The molecule has 5 heteroatoms. The zero-order valence-electron chi connectivity index (χ0n) is 11.5. The molecule has 0 bridgehead atoms. The number of anilines is 2. The molecule has 5 nitrogen and oxygen atoms in total. The van der Waals surface area contributed by atoms with E-state index in [2.05, 4.69) is 4.90 Å². The molecule has 1 atom stereocenters. The lowest BCUT2D eigenvalue weighted by molar-refractivity contribution is -0.120. The number of nitrogens with two attached hydrogens (primary N) is 1. The average Bonchev–Trinajstić information content (AvgIpc) is 2.45. The van der Waals surface area contributed by atoms with Crippen molar-refractivity contribution in [2.45, 2.75) is 12.5 Å². The van der Waals surface area contributed by atoms with Gasteiger partial charge in [-0.25, -0.2) is 0 Å². The molecule has 0 aliphatic carbocycles. The van der Waals surface area contributed by atoms with Crippen LogP contribution in [0.5, 0.6) is 0 Å². The summed E-state index contributed by atoms with van der Waals surface area (Å²) in [5, 5.41) is 0. The number of nitrogens with zero attached hydrogens (tertiary/aromatic N) is 2. The second-order valence-corrected chi connectivity index (χ2v) is 4.79. The van der Waals surface area contributed by atoms with Gasteiger partial charge in [-0.05, 0) is 18.6 Å². The summed E-state index contributed by atoms with van der Waals surface area (Å²) in [5.74, 6) is -0.0300. The molecule has 0 saturated heterocycles. The van der Waals surface area contributed by atoms with Crippen molar-refractivity contribution in [3.8, 4) is 0 Å². The third kappa shape index (κ3) is 2.88. The van der Waals surface area contributed by atoms with Gasteiger partial charge in [-0.3, -0.25) is 4.79 Å². The van der Waals surface area contributed by atoms with E-state index < -0.39 is 6.04 Å². The molecule has 0 saturated carbocycles. The molecule has 1 unspecified atom stereocenters. The van der Waals surface area contributed by atoms with Crippen LogP contribution in [-0.2, 0) is 9.53 Å². The van der Waals surface area contributed by atoms with E-state index in [4.69, 9.17) is 10.5 Å². The maximum atomic E-state index is 12.4. The summed E-state index contributed by atoms with van der Waals surface area (Å²) in [5.41, 5.74) is 7.95. The number of fused-ring (bicyclic) bond motifs is 1. The first-order chi connectivity index (χ1) is 9.15. The number of methoxy groups -OCH3 is 1. The molecule has 0 radical (unpaired) electrons. The SMILES string of the molecule is COCCC(N)C(=O)N1CCN(C)c2ccccc21. The van der Waals surface area contributed by atoms with Crippen LogP contribution in [0.2, 0.25) is 0 Å². The van der Waals surface area contributed by atoms with Crippen LogP contribution in [0.15, 0.2) is 24.3 Å². The highest BCUT2D eigenvalue weighted by molar-refractivity contribution is 6.00. The van der Waals surface area contributed by atoms with Crippen LogP contribution < -0.4 is 15.5 Å². The predicted molar refractivity (Wildman–Crippen MR) is 76.5 cm³/mol. The summed E-state index contributed by atoms with van der Waals surface area (Å²) in [6.45, 7) is 2.00. The van der Waals surface area contributed by atoms with Crippen LogP contribution in [-0.4, -0.2) is 45.8 Å². The van der Waals surface area contributed by atoms with Gasteiger partial charge in [0.1, 0.15) is 0 Å². The fourth-order valence-electron chi connectivity index (χ4n) is 2.30. The number of para-hydroxylation sites is 2. The van der Waals surface area contributed by atoms with Crippen LogP contribution in [0.4, 0.5) is 11.4 Å². The summed E-state index contributed by atoms with van der Waals surface area (Å²) >= 11 is 0. The molecule has 2 rings (SSSR count). The summed E-state index contributed by atoms with van der Waals surface area (Å²) in [7, 11) is 3.65. The Morgan fingerprint density at radius 1 is 1.37 bits per heavy atom. The summed E-state index contributed by atoms with van der Waals surface area (Å²) in [6.07, 6.45) is 0.545. The van der Waals surface area contributed by atoms with Crippen LogP contribution in [0.1, 0.15) is 6.42 Å². The molecule has 1 heterocycles. The van der Waals surface area contributed by atoms with E-state index in [1.807, 2.05) is 31.3 Å². The number of hydrogen-bond donors (Lipinski definition) is 1. The van der Waals surface area contributed by atoms with Gasteiger partial charge in [0.2, 0.25) is 5.91 Å². The Morgan fingerprint density at radius 3 is 2.74 bits per heavy atom. The number of ether oxygens (including phenoxy) is 1.